The van der Waals surface area contributed by atoms with Gasteiger partial charge >= 0.3 is 0 Å². The van der Waals surface area contributed by atoms with Crippen molar-refractivity contribution in [3.05, 3.63) is 78.1 Å². The summed E-state index contributed by atoms with van der Waals surface area (Å²) in [4.78, 5) is 27.4. The molecule has 2 aliphatic heterocycles. The van der Waals surface area contributed by atoms with Crippen molar-refractivity contribution in [1.29, 1.82) is 0 Å². The molecule has 1 spiro atoms. The van der Waals surface area contributed by atoms with Crippen molar-refractivity contribution in [3.63, 3.8) is 0 Å². The predicted octanol–water partition coefficient (Wildman–Crippen LogP) is 4.35. The average molecular weight is 445 g/mol. The van der Waals surface area contributed by atoms with E-state index in [1.807, 2.05) is 59.5 Å². The number of hydrogen-bond acceptors (Lipinski definition) is 4. The molecule has 2 aromatic carbocycles. The van der Waals surface area contributed by atoms with Crippen molar-refractivity contribution in [2.45, 2.75) is 25.7 Å². The van der Waals surface area contributed by atoms with E-state index in [1.165, 1.54) is 0 Å². The Labute approximate surface area is 193 Å². The zero-order chi connectivity index (χ0) is 22.7. The van der Waals surface area contributed by atoms with Gasteiger partial charge in [0.25, 0.3) is 11.8 Å². The van der Waals surface area contributed by atoms with E-state index in [0.717, 1.165) is 48.0 Å². The summed E-state index contributed by atoms with van der Waals surface area (Å²) in [5.41, 5.74) is 1.72. The smallest absolute Gasteiger partial charge is 0.289 e. The van der Waals surface area contributed by atoms with E-state index >= 15 is 0 Å². The molecule has 3 heterocycles. The fourth-order valence-corrected chi connectivity index (χ4v) is 4.72. The maximum absolute atomic E-state index is 13.0. The first-order chi connectivity index (χ1) is 16.1. The van der Waals surface area contributed by atoms with Crippen LogP contribution in [0.25, 0.3) is 11.0 Å². The zero-order valence-corrected chi connectivity index (χ0v) is 18.6. The Morgan fingerprint density at radius 2 is 1.79 bits per heavy atom. The van der Waals surface area contributed by atoms with Crippen LogP contribution in [0.1, 0.15) is 35.4 Å². The van der Waals surface area contributed by atoms with Crippen molar-refractivity contribution in [2.75, 3.05) is 26.2 Å². The molecule has 1 saturated heterocycles. The first-order valence-corrected chi connectivity index (χ1v) is 11.5. The number of rotatable bonds is 1. The number of ether oxygens (including phenoxy) is 1. The van der Waals surface area contributed by atoms with E-state index in [0.29, 0.717) is 25.4 Å². The number of likely N-dealkylation sites (tertiary alicyclic amines) is 1. The van der Waals surface area contributed by atoms with E-state index in [9.17, 15) is 9.59 Å². The molecule has 0 saturated carbocycles. The third-order valence-corrected chi connectivity index (χ3v) is 6.79. The third kappa shape index (κ3) is 4.65. The lowest BCUT2D eigenvalue weighted by Crippen LogP contribution is -2.48. The van der Waals surface area contributed by atoms with Gasteiger partial charge in [0.05, 0.1) is 0 Å². The van der Waals surface area contributed by atoms with Crippen LogP contribution >= 0.6 is 0 Å². The number of hydrogen-bond donors (Lipinski definition) is 1. The van der Waals surface area contributed by atoms with Gasteiger partial charge in [-0.2, -0.15) is 0 Å². The number of para-hydroxylation sites is 2. The quantitative estimate of drug-likeness (QED) is 0.567. The van der Waals surface area contributed by atoms with Crippen molar-refractivity contribution in [2.24, 2.45) is 5.41 Å². The molecule has 3 aromatic rings. The lowest BCUT2D eigenvalue weighted by atomic mass is 9.75. The molecule has 0 unspecified atom stereocenters. The van der Waals surface area contributed by atoms with Gasteiger partial charge < -0.3 is 19.4 Å². The summed E-state index contributed by atoms with van der Waals surface area (Å²) in [5.74, 6) is 0.952. The molecule has 0 radical (unpaired) electrons. The van der Waals surface area contributed by atoms with Crippen molar-refractivity contribution in [1.82, 2.24) is 10.2 Å². The number of carbonyl (C=O) groups is 2. The van der Waals surface area contributed by atoms with Crippen LogP contribution in [0.4, 0.5) is 0 Å². The number of benzene rings is 2. The fraction of sp³-hybridized carbons (Fsp3) is 0.333. The summed E-state index contributed by atoms with van der Waals surface area (Å²) in [6.07, 6.45) is 7.66. The highest BCUT2D eigenvalue weighted by Gasteiger charge is 2.36. The second kappa shape index (κ2) is 9.14. The van der Waals surface area contributed by atoms with Crippen LogP contribution < -0.4 is 10.1 Å². The maximum atomic E-state index is 13.0. The number of fused-ring (bicyclic) bond motifs is 2. The zero-order valence-electron chi connectivity index (χ0n) is 18.6. The number of allylic oxidation sites excluding steroid dienone is 2. The van der Waals surface area contributed by atoms with Gasteiger partial charge in [-0.05, 0) is 54.9 Å². The molecule has 6 nitrogen and oxygen atoms in total. The SMILES string of the molecule is O=C1COc2ccccc2CC=CCC2(CCN(C(=O)c3cc4ccccc4o3)CC2)CN1. The van der Waals surface area contributed by atoms with Crippen LogP contribution in [0.2, 0.25) is 0 Å². The Morgan fingerprint density at radius 3 is 2.64 bits per heavy atom. The number of furan rings is 1. The van der Waals surface area contributed by atoms with E-state index in [2.05, 4.69) is 17.5 Å². The summed E-state index contributed by atoms with van der Waals surface area (Å²) in [6, 6.07) is 17.3. The number of nitrogens with zero attached hydrogens (tertiary/aromatic N) is 1. The van der Waals surface area contributed by atoms with Crippen molar-refractivity contribution in [3.8, 4) is 5.75 Å². The first-order valence-electron chi connectivity index (χ1n) is 11.5. The first kappa shape index (κ1) is 21.3. The van der Waals surface area contributed by atoms with Gasteiger partial charge in [-0.15, -0.1) is 0 Å². The van der Waals surface area contributed by atoms with Crippen LogP contribution in [0.3, 0.4) is 0 Å². The normalized spacial score (nSPS) is 18.7. The van der Waals surface area contributed by atoms with Gasteiger partial charge in [0.1, 0.15) is 11.3 Å². The summed E-state index contributed by atoms with van der Waals surface area (Å²) in [7, 11) is 0. The van der Waals surface area contributed by atoms with E-state index < -0.39 is 0 Å². The van der Waals surface area contributed by atoms with Crippen LogP contribution in [-0.4, -0.2) is 43.0 Å². The van der Waals surface area contributed by atoms with Crippen LogP contribution in [0.15, 0.2) is 71.2 Å². The molecule has 170 valence electrons. The summed E-state index contributed by atoms with van der Waals surface area (Å²) in [6.45, 7) is 1.86. The summed E-state index contributed by atoms with van der Waals surface area (Å²) in [5, 5.41) is 4.00. The Balaban J connectivity index is 1.28. The van der Waals surface area contributed by atoms with E-state index in [1.54, 1.807) is 0 Å². The molecule has 2 amide bonds. The molecular formula is C27H28N2O4. The fourth-order valence-electron chi connectivity index (χ4n) is 4.72. The number of nitrogens with one attached hydrogen (secondary N) is 1. The molecule has 33 heavy (non-hydrogen) atoms. The Morgan fingerprint density at radius 1 is 1.00 bits per heavy atom. The molecule has 1 aromatic heterocycles. The highest BCUT2D eigenvalue weighted by atomic mass is 16.5. The second-order valence-corrected chi connectivity index (χ2v) is 8.99. The number of amides is 2. The molecule has 1 fully saturated rings. The largest absolute Gasteiger partial charge is 0.483 e. The van der Waals surface area contributed by atoms with Crippen LogP contribution in [0, 0.1) is 5.41 Å². The minimum Gasteiger partial charge on any atom is -0.483 e. The Kier molecular flexibility index (Phi) is 5.90. The molecule has 0 atom stereocenters. The summed E-state index contributed by atoms with van der Waals surface area (Å²) < 4.78 is 11.5. The highest BCUT2D eigenvalue weighted by molar-refractivity contribution is 5.96. The topological polar surface area (TPSA) is 71.8 Å². The molecule has 0 bridgehead atoms. The second-order valence-electron chi connectivity index (χ2n) is 8.99. The number of piperidine rings is 1. The van der Waals surface area contributed by atoms with Crippen molar-refractivity contribution >= 4 is 22.8 Å². The summed E-state index contributed by atoms with van der Waals surface area (Å²) >= 11 is 0. The maximum Gasteiger partial charge on any atom is 0.289 e. The highest BCUT2D eigenvalue weighted by Crippen LogP contribution is 2.36. The van der Waals surface area contributed by atoms with Crippen LogP contribution in [0.5, 0.6) is 5.75 Å². The van der Waals surface area contributed by atoms with Gasteiger partial charge in [-0.1, -0.05) is 48.6 Å². The van der Waals surface area contributed by atoms with Gasteiger partial charge in [0.2, 0.25) is 0 Å². The molecule has 6 heteroatoms. The monoisotopic (exact) mass is 444 g/mol. The molecule has 2 aliphatic rings. The predicted molar refractivity (Wildman–Crippen MR) is 126 cm³/mol. The minimum atomic E-state index is -0.116. The van der Waals surface area contributed by atoms with Gasteiger partial charge in [0, 0.05) is 25.0 Å². The third-order valence-electron chi connectivity index (χ3n) is 6.79. The molecular weight excluding hydrogens is 416 g/mol. The minimum absolute atomic E-state index is 0.00741. The average Bonchev–Trinajstić information content (AvgIpc) is 3.28. The molecule has 5 rings (SSSR count). The Bertz CT molecular complexity index is 1150. The molecule has 1 N–H and O–H groups in total. The van der Waals surface area contributed by atoms with Gasteiger partial charge in [-0.3, -0.25) is 9.59 Å². The van der Waals surface area contributed by atoms with E-state index in [-0.39, 0.29) is 23.8 Å². The lowest BCUT2D eigenvalue weighted by molar-refractivity contribution is -0.123. The lowest BCUT2D eigenvalue weighted by Gasteiger charge is -2.41. The Hall–Kier alpha value is -3.54. The van der Waals surface area contributed by atoms with Gasteiger partial charge in [0.15, 0.2) is 12.4 Å². The van der Waals surface area contributed by atoms with Gasteiger partial charge in [-0.25, -0.2) is 0 Å². The number of carbonyl (C=O) groups excluding carboxylic acids is 2. The standard InChI is InChI=1S/C27H28N2O4/c30-25-18-32-22-10-3-1-7-20(22)8-5-6-12-27(19-28-25)13-15-29(16-14-27)26(31)24-17-21-9-2-4-11-23(21)33-24/h1-7,9-11,17H,8,12-16,18-19H2,(H,28,30). The van der Waals surface area contributed by atoms with Crippen LogP contribution in [-0.2, 0) is 11.2 Å². The molecule has 0 aliphatic carbocycles. The van der Waals surface area contributed by atoms with Crippen molar-refractivity contribution < 1.29 is 18.7 Å². The van der Waals surface area contributed by atoms with E-state index in [4.69, 9.17) is 9.15 Å².